The molecule has 0 atom stereocenters. The highest BCUT2D eigenvalue weighted by Crippen LogP contribution is 2.34. The number of hydrogen-bond acceptors (Lipinski definition) is 7. The second-order valence-corrected chi connectivity index (χ2v) is 10.7. The summed E-state index contributed by atoms with van der Waals surface area (Å²) in [5.41, 5.74) is 3.32. The maximum atomic E-state index is 13.4. The van der Waals surface area contributed by atoms with E-state index in [9.17, 15) is 14.4 Å². The lowest BCUT2D eigenvalue weighted by atomic mass is 10.1. The van der Waals surface area contributed by atoms with Gasteiger partial charge in [-0.3, -0.25) is 14.4 Å². The number of anilines is 2. The Balaban J connectivity index is 1.21. The highest BCUT2D eigenvalue weighted by atomic mass is 16.7. The van der Waals surface area contributed by atoms with Crippen molar-refractivity contribution in [3.63, 3.8) is 0 Å². The van der Waals surface area contributed by atoms with E-state index in [0.29, 0.717) is 74.0 Å². The summed E-state index contributed by atoms with van der Waals surface area (Å²) in [5, 5.41) is 6.38. The van der Waals surface area contributed by atoms with Crippen molar-refractivity contribution in [3.8, 4) is 11.5 Å². The third-order valence-electron chi connectivity index (χ3n) is 7.92. The highest BCUT2D eigenvalue weighted by Gasteiger charge is 2.26. The maximum absolute atomic E-state index is 13.4. The zero-order valence-corrected chi connectivity index (χ0v) is 23.5. The van der Waals surface area contributed by atoms with Crippen LogP contribution in [0.2, 0.25) is 0 Å². The number of nitrogens with zero attached hydrogens (tertiary/aromatic N) is 3. The number of nitrogens with one attached hydrogen (secondary N) is 2. The van der Waals surface area contributed by atoms with E-state index < -0.39 is 0 Å². The zero-order valence-electron chi connectivity index (χ0n) is 23.5. The van der Waals surface area contributed by atoms with Gasteiger partial charge < -0.3 is 34.8 Å². The average Bonchev–Trinajstić information content (AvgIpc) is 3.33. The largest absolute Gasteiger partial charge is 0.454 e. The molecule has 0 bridgehead atoms. The van der Waals surface area contributed by atoms with Crippen molar-refractivity contribution in [2.45, 2.75) is 12.8 Å². The van der Waals surface area contributed by atoms with Gasteiger partial charge in [0.1, 0.15) is 0 Å². The summed E-state index contributed by atoms with van der Waals surface area (Å²) in [6, 6.07) is 20.3. The first kappa shape index (κ1) is 27.6. The number of rotatable bonds is 6. The Labute approximate surface area is 245 Å². The summed E-state index contributed by atoms with van der Waals surface area (Å²) in [6.45, 7) is 5.46. The van der Waals surface area contributed by atoms with Crippen molar-refractivity contribution in [1.29, 1.82) is 0 Å². The van der Waals surface area contributed by atoms with Crippen LogP contribution < -0.4 is 25.0 Å². The molecule has 218 valence electrons. The van der Waals surface area contributed by atoms with Crippen LogP contribution in [-0.4, -0.2) is 86.7 Å². The number of hydrogen-bond donors (Lipinski definition) is 2. The quantitative estimate of drug-likeness (QED) is 0.471. The van der Waals surface area contributed by atoms with E-state index in [1.165, 1.54) is 0 Å². The Kier molecular flexibility index (Phi) is 8.23. The molecule has 2 fully saturated rings. The SMILES string of the molecule is O=C(Nc1cc(C(=O)N2CCCNCC2)ccc1N1CCN(C(=O)Cc2ccccc2)CC1)c1ccc2c(c1)OCO2. The van der Waals surface area contributed by atoms with Crippen LogP contribution in [0.1, 0.15) is 32.7 Å². The molecule has 2 N–H and O–H groups in total. The van der Waals surface area contributed by atoms with Gasteiger partial charge in [0.2, 0.25) is 12.7 Å². The Morgan fingerprint density at radius 1 is 0.762 bits per heavy atom. The van der Waals surface area contributed by atoms with Crippen LogP contribution in [0.15, 0.2) is 66.7 Å². The standard InChI is InChI=1S/C32H35N5O5/c38-30(19-23-5-2-1-3-6-23)36-17-15-35(16-18-36)27-9-7-25(32(40)37-13-4-11-33-12-14-37)20-26(27)34-31(39)24-8-10-28-29(21-24)42-22-41-28/h1-3,5-10,20-21,33H,4,11-19,22H2,(H,34,39). The van der Waals surface area contributed by atoms with Gasteiger partial charge in [0.15, 0.2) is 11.5 Å². The molecule has 3 aromatic carbocycles. The summed E-state index contributed by atoms with van der Waals surface area (Å²) in [4.78, 5) is 45.7. The van der Waals surface area contributed by atoms with Crippen molar-refractivity contribution in [2.24, 2.45) is 0 Å². The van der Waals surface area contributed by atoms with Crippen LogP contribution in [0.25, 0.3) is 0 Å². The van der Waals surface area contributed by atoms with E-state index in [-0.39, 0.29) is 24.5 Å². The van der Waals surface area contributed by atoms with Gasteiger partial charge in [0.05, 0.1) is 17.8 Å². The molecule has 10 nitrogen and oxygen atoms in total. The highest BCUT2D eigenvalue weighted by molar-refractivity contribution is 6.07. The van der Waals surface area contributed by atoms with E-state index in [1.54, 1.807) is 24.3 Å². The van der Waals surface area contributed by atoms with E-state index >= 15 is 0 Å². The van der Waals surface area contributed by atoms with Crippen LogP contribution in [0.4, 0.5) is 11.4 Å². The lowest BCUT2D eigenvalue weighted by molar-refractivity contribution is -0.130. The van der Waals surface area contributed by atoms with Gasteiger partial charge in [0, 0.05) is 56.9 Å². The van der Waals surface area contributed by atoms with Gasteiger partial charge in [-0.25, -0.2) is 0 Å². The number of benzene rings is 3. The van der Waals surface area contributed by atoms with Crippen LogP contribution in [0.3, 0.4) is 0 Å². The number of amides is 3. The molecule has 0 saturated carbocycles. The molecule has 2 saturated heterocycles. The molecule has 3 amide bonds. The molecular formula is C32H35N5O5. The topological polar surface area (TPSA) is 103 Å². The van der Waals surface area contributed by atoms with Crippen LogP contribution in [0.5, 0.6) is 11.5 Å². The Hall–Kier alpha value is -4.57. The maximum Gasteiger partial charge on any atom is 0.255 e. The molecule has 6 rings (SSSR count). The summed E-state index contributed by atoms with van der Waals surface area (Å²) in [5.74, 6) is 0.865. The predicted molar refractivity (Wildman–Crippen MR) is 159 cm³/mol. The van der Waals surface area contributed by atoms with Crippen molar-refractivity contribution in [3.05, 3.63) is 83.4 Å². The molecule has 3 aliphatic rings. The molecule has 0 radical (unpaired) electrons. The minimum atomic E-state index is -0.310. The minimum absolute atomic E-state index is 0.0554. The van der Waals surface area contributed by atoms with Crippen molar-refractivity contribution < 1.29 is 23.9 Å². The molecule has 0 unspecified atom stereocenters. The number of carbonyl (C=O) groups is 3. The molecule has 0 aromatic heterocycles. The minimum Gasteiger partial charge on any atom is -0.454 e. The number of ether oxygens (including phenoxy) is 2. The van der Waals surface area contributed by atoms with Gasteiger partial charge >= 0.3 is 0 Å². The van der Waals surface area contributed by atoms with Gasteiger partial charge in [0.25, 0.3) is 11.8 Å². The van der Waals surface area contributed by atoms with Gasteiger partial charge in [-0.05, 0) is 54.9 Å². The molecule has 3 heterocycles. The summed E-state index contributed by atoms with van der Waals surface area (Å²) in [6.07, 6.45) is 1.27. The number of carbonyl (C=O) groups excluding carboxylic acids is 3. The Morgan fingerprint density at radius 3 is 2.38 bits per heavy atom. The van der Waals surface area contributed by atoms with E-state index in [4.69, 9.17) is 9.47 Å². The monoisotopic (exact) mass is 569 g/mol. The summed E-state index contributed by atoms with van der Waals surface area (Å²) in [7, 11) is 0. The molecule has 42 heavy (non-hydrogen) atoms. The third kappa shape index (κ3) is 6.18. The molecule has 0 spiro atoms. The first-order valence-corrected chi connectivity index (χ1v) is 14.5. The smallest absolute Gasteiger partial charge is 0.255 e. The van der Waals surface area contributed by atoms with Crippen LogP contribution in [-0.2, 0) is 11.2 Å². The fraction of sp³-hybridized carbons (Fsp3) is 0.344. The lowest BCUT2D eigenvalue weighted by Crippen LogP contribution is -2.49. The molecule has 10 heteroatoms. The summed E-state index contributed by atoms with van der Waals surface area (Å²) >= 11 is 0. The van der Waals surface area contributed by atoms with Gasteiger partial charge in [-0.2, -0.15) is 0 Å². The first-order valence-electron chi connectivity index (χ1n) is 14.5. The molecular weight excluding hydrogens is 534 g/mol. The molecule has 3 aliphatic heterocycles. The van der Waals surface area contributed by atoms with E-state index in [0.717, 1.165) is 30.8 Å². The van der Waals surface area contributed by atoms with Gasteiger partial charge in [-0.1, -0.05) is 30.3 Å². The fourth-order valence-corrected chi connectivity index (χ4v) is 5.59. The van der Waals surface area contributed by atoms with E-state index in [1.807, 2.05) is 52.3 Å². The van der Waals surface area contributed by atoms with E-state index in [2.05, 4.69) is 15.5 Å². The number of piperazine rings is 1. The Bertz CT molecular complexity index is 1450. The number of fused-ring (bicyclic) bond motifs is 1. The lowest BCUT2D eigenvalue weighted by Gasteiger charge is -2.37. The van der Waals surface area contributed by atoms with Crippen LogP contribution in [0, 0.1) is 0 Å². The van der Waals surface area contributed by atoms with Crippen LogP contribution >= 0.6 is 0 Å². The second kappa shape index (κ2) is 12.5. The zero-order chi connectivity index (χ0) is 28.9. The second-order valence-electron chi connectivity index (χ2n) is 10.7. The molecule has 0 aliphatic carbocycles. The normalized spacial score (nSPS) is 16.6. The Morgan fingerprint density at radius 2 is 1.55 bits per heavy atom. The predicted octanol–water partition coefficient (Wildman–Crippen LogP) is 2.99. The first-order chi connectivity index (χ1) is 20.5. The van der Waals surface area contributed by atoms with Crippen molar-refractivity contribution in [1.82, 2.24) is 15.1 Å². The van der Waals surface area contributed by atoms with Crippen molar-refractivity contribution in [2.75, 3.05) is 69.4 Å². The molecule has 3 aromatic rings. The third-order valence-corrected chi connectivity index (χ3v) is 7.92. The average molecular weight is 570 g/mol. The van der Waals surface area contributed by atoms with Crippen molar-refractivity contribution >= 4 is 29.1 Å². The summed E-state index contributed by atoms with van der Waals surface area (Å²) < 4.78 is 10.8. The fourth-order valence-electron chi connectivity index (χ4n) is 5.59. The van der Waals surface area contributed by atoms with Gasteiger partial charge in [-0.15, -0.1) is 0 Å².